The van der Waals surface area contributed by atoms with Crippen LogP contribution in [0.2, 0.25) is 25.7 Å². The highest BCUT2D eigenvalue weighted by molar-refractivity contribution is 6.76. The summed E-state index contributed by atoms with van der Waals surface area (Å²) in [6, 6.07) is 1.41. The van der Waals surface area contributed by atoms with E-state index < -0.39 is 14.0 Å². The first kappa shape index (κ1) is 25.7. The lowest BCUT2D eigenvalue weighted by Gasteiger charge is -2.31. The minimum absolute atomic E-state index is 0.0186. The van der Waals surface area contributed by atoms with Gasteiger partial charge in [0.1, 0.15) is 0 Å². The summed E-state index contributed by atoms with van der Waals surface area (Å²) in [7, 11) is -0.947. The highest BCUT2D eigenvalue weighted by Gasteiger charge is 2.24. The largest absolute Gasteiger partial charge is 0.481 e. The standard InChI is InChI=1S/C24H49NO2Si/c1-28(2,3)21-13-12-20-24(25,18-10-5-8-17-23(26)27)19-11-9-16-22-14-6-4-7-15-22/h22H,4-21,25H2,1-3H3,(H,26,27). The zero-order chi connectivity index (χ0) is 20.9. The van der Waals surface area contributed by atoms with Crippen LogP contribution in [0.15, 0.2) is 0 Å². The third kappa shape index (κ3) is 13.8. The van der Waals surface area contributed by atoms with E-state index in [2.05, 4.69) is 19.6 Å². The average Bonchev–Trinajstić information content (AvgIpc) is 2.62. The Morgan fingerprint density at radius 1 is 0.893 bits per heavy atom. The molecule has 1 unspecified atom stereocenters. The van der Waals surface area contributed by atoms with Crippen molar-refractivity contribution >= 4 is 14.0 Å². The van der Waals surface area contributed by atoms with E-state index in [1.54, 1.807) is 0 Å². The summed E-state index contributed by atoms with van der Waals surface area (Å²) < 4.78 is 0. The maximum absolute atomic E-state index is 10.7. The van der Waals surface area contributed by atoms with E-state index in [1.807, 2.05) is 0 Å². The van der Waals surface area contributed by atoms with Crippen LogP contribution in [0.5, 0.6) is 0 Å². The average molecular weight is 412 g/mol. The molecular formula is C24H49NO2Si. The Balaban J connectivity index is 2.33. The Morgan fingerprint density at radius 2 is 1.46 bits per heavy atom. The van der Waals surface area contributed by atoms with Gasteiger partial charge in [-0.3, -0.25) is 4.79 Å². The molecule has 1 rings (SSSR count). The van der Waals surface area contributed by atoms with E-state index in [4.69, 9.17) is 10.8 Å². The minimum atomic E-state index is -0.947. The number of nitrogens with two attached hydrogens (primary N) is 1. The summed E-state index contributed by atoms with van der Waals surface area (Å²) in [5.74, 6) is 0.307. The lowest BCUT2D eigenvalue weighted by molar-refractivity contribution is -0.137. The number of carbonyl (C=O) groups is 1. The molecular weight excluding hydrogens is 362 g/mol. The SMILES string of the molecule is C[Si](C)(C)CCCCC(N)(CCCCCC(=O)O)CCCCC1CCCCC1. The fourth-order valence-corrected chi connectivity index (χ4v) is 6.13. The van der Waals surface area contributed by atoms with Gasteiger partial charge in [-0.25, -0.2) is 0 Å². The monoisotopic (exact) mass is 411 g/mol. The van der Waals surface area contributed by atoms with Crippen molar-refractivity contribution in [1.82, 2.24) is 0 Å². The van der Waals surface area contributed by atoms with Gasteiger partial charge in [0.15, 0.2) is 0 Å². The Hall–Kier alpha value is -0.353. The number of hydrogen-bond donors (Lipinski definition) is 2. The number of carboxylic acid groups (broad SMARTS) is 1. The third-order valence-corrected chi connectivity index (χ3v) is 8.53. The number of aliphatic carboxylic acids is 1. The zero-order valence-corrected chi connectivity index (χ0v) is 20.2. The molecule has 1 saturated carbocycles. The Bertz CT molecular complexity index is 415. The summed E-state index contributed by atoms with van der Waals surface area (Å²) in [5.41, 5.74) is 6.89. The molecule has 0 aromatic rings. The van der Waals surface area contributed by atoms with Crippen LogP contribution in [0.1, 0.15) is 109 Å². The fraction of sp³-hybridized carbons (Fsp3) is 0.958. The zero-order valence-electron chi connectivity index (χ0n) is 19.2. The van der Waals surface area contributed by atoms with Crippen LogP contribution in [0.25, 0.3) is 0 Å². The molecule has 3 nitrogen and oxygen atoms in total. The van der Waals surface area contributed by atoms with E-state index in [0.29, 0.717) is 6.42 Å². The van der Waals surface area contributed by atoms with Crippen molar-refractivity contribution in [2.75, 3.05) is 0 Å². The number of unbranched alkanes of at least 4 members (excludes halogenated alkanes) is 4. The fourth-order valence-electron chi connectivity index (χ4n) is 4.82. The van der Waals surface area contributed by atoms with Crippen LogP contribution in [0, 0.1) is 5.92 Å². The first-order valence-corrected chi connectivity index (χ1v) is 15.9. The van der Waals surface area contributed by atoms with Crippen LogP contribution in [0.4, 0.5) is 0 Å². The predicted octanol–water partition coefficient (Wildman–Crippen LogP) is 7.37. The van der Waals surface area contributed by atoms with Crippen molar-refractivity contribution in [3.8, 4) is 0 Å². The van der Waals surface area contributed by atoms with Gasteiger partial charge < -0.3 is 10.8 Å². The summed E-state index contributed by atoms with van der Waals surface area (Å²) >= 11 is 0. The van der Waals surface area contributed by atoms with Crippen molar-refractivity contribution in [2.45, 2.75) is 140 Å². The Morgan fingerprint density at radius 3 is 2.04 bits per heavy atom. The molecule has 166 valence electrons. The second-order valence-electron chi connectivity index (χ2n) is 10.8. The van der Waals surface area contributed by atoms with Crippen LogP contribution >= 0.6 is 0 Å². The van der Waals surface area contributed by atoms with Crippen molar-refractivity contribution in [3.63, 3.8) is 0 Å². The molecule has 0 aromatic heterocycles. The van der Waals surface area contributed by atoms with Gasteiger partial charge in [-0.2, -0.15) is 0 Å². The number of rotatable bonds is 16. The molecule has 1 fully saturated rings. The molecule has 0 aromatic carbocycles. The predicted molar refractivity (Wildman–Crippen MR) is 125 cm³/mol. The van der Waals surface area contributed by atoms with E-state index in [-0.39, 0.29) is 5.54 Å². The third-order valence-electron chi connectivity index (χ3n) is 6.68. The molecule has 4 heteroatoms. The molecule has 0 aliphatic heterocycles. The summed E-state index contributed by atoms with van der Waals surface area (Å²) in [5, 5.41) is 8.81. The van der Waals surface area contributed by atoms with Crippen LogP contribution in [-0.4, -0.2) is 24.7 Å². The van der Waals surface area contributed by atoms with Gasteiger partial charge in [0, 0.05) is 20.0 Å². The van der Waals surface area contributed by atoms with Gasteiger partial charge in [-0.15, -0.1) is 0 Å². The van der Waals surface area contributed by atoms with Crippen LogP contribution in [0.3, 0.4) is 0 Å². The Labute approximate surface area is 176 Å². The molecule has 0 amide bonds. The van der Waals surface area contributed by atoms with Gasteiger partial charge in [-0.05, 0) is 31.6 Å². The number of carboxylic acids is 1. The topological polar surface area (TPSA) is 63.3 Å². The summed E-state index contributed by atoms with van der Waals surface area (Å²) in [6.45, 7) is 7.36. The van der Waals surface area contributed by atoms with Gasteiger partial charge in [0.05, 0.1) is 0 Å². The number of hydrogen-bond acceptors (Lipinski definition) is 2. The smallest absolute Gasteiger partial charge is 0.303 e. The van der Waals surface area contributed by atoms with Crippen LogP contribution < -0.4 is 5.73 Å². The quantitative estimate of drug-likeness (QED) is 0.206. The van der Waals surface area contributed by atoms with Crippen molar-refractivity contribution in [2.24, 2.45) is 11.7 Å². The lowest BCUT2D eigenvalue weighted by Crippen LogP contribution is -2.39. The van der Waals surface area contributed by atoms with Gasteiger partial charge >= 0.3 is 5.97 Å². The minimum Gasteiger partial charge on any atom is -0.481 e. The normalized spacial score (nSPS) is 18.1. The highest BCUT2D eigenvalue weighted by Crippen LogP contribution is 2.30. The van der Waals surface area contributed by atoms with Gasteiger partial charge in [-0.1, -0.05) is 103 Å². The molecule has 0 bridgehead atoms. The lowest BCUT2D eigenvalue weighted by atomic mass is 9.81. The molecule has 1 aliphatic rings. The molecule has 28 heavy (non-hydrogen) atoms. The summed E-state index contributed by atoms with van der Waals surface area (Å²) in [4.78, 5) is 10.7. The molecule has 0 saturated heterocycles. The van der Waals surface area contributed by atoms with E-state index >= 15 is 0 Å². The molecule has 1 atom stereocenters. The molecule has 0 spiro atoms. The van der Waals surface area contributed by atoms with E-state index in [0.717, 1.165) is 44.4 Å². The molecule has 1 aliphatic carbocycles. The van der Waals surface area contributed by atoms with Gasteiger partial charge in [0.25, 0.3) is 0 Å². The second kappa shape index (κ2) is 13.8. The highest BCUT2D eigenvalue weighted by atomic mass is 28.3. The summed E-state index contributed by atoms with van der Waals surface area (Å²) in [6.07, 6.45) is 20.4. The van der Waals surface area contributed by atoms with Crippen LogP contribution in [-0.2, 0) is 4.79 Å². The second-order valence-corrected chi connectivity index (χ2v) is 16.5. The maximum atomic E-state index is 10.7. The first-order valence-electron chi connectivity index (χ1n) is 12.2. The molecule has 3 N–H and O–H groups in total. The first-order chi connectivity index (χ1) is 13.2. The maximum Gasteiger partial charge on any atom is 0.303 e. The van der Waals surface area contributed by atoms with Crippen molar-refractivity contribution < 1.29 is 9.90 Å². The molecule has 0 heterocycles. The van der Waals surface area contributed by atoms with Gasteiger partial charge in [0.2, 0.25) is 0 Å². The van der Waals surface area contributed by atoms with E-state index in [1.165, 1.54) is 70.3 Å². The van der Waals surface area contributed by atoms with Crippen molar-refractivity contribution in [3.05, 3.63) is 0 Å². The van der Waals surface area contributed by atoms with Crippen molar-refractivity contribution in [1.29, 1.82) is 0 Å². The van der Waals surface area contributed by atoms with E-state index in [9.17, 15) is 4.79 Å². The molecule has 0 radical (unpaired) electrons. The Kier molecular flexibility index (Phi) is 12.7.